The third-order valence-electron chi connectivity index (χ3n) is 8.37. The summed E-state index contributed by atoms with van der Waals surface area (Å²) in [6, 6.07) is 15.0. The van der Waals surface area contributed by atoms with E-state index in [4.69, 9.17) is 11.6 Å². The molecule has 0 fully saturated rings. The Morgan fingerprint density at radius 3 is 2.42 bits per heavy atom. The zero-order chi connectivity index (χ0) is 35.1. The molecule has 0 saturated heterocycles. The van der Waals surface area contributed by atoms with Crippen molar-refractivity contribution in [3.8, 4) is 0 Å². The SMILES string of the molecule is CCCN(CCC)C(=O)c1cccc(S(=O)(=O)N(CCc2cc(F)cc(Cl)c2)C[C@@H](O)CNC2CS(=O)(=O)Cc3ccc(CC)cc32)c1. The maximum Gasteiger partial charge on any atom is 0.253 e. The Labute approximate surface area is 289 Å². The topological polar surface area (TPSA) is 124 Å². The van der Waals surface area contributed by atoms with Crippen molar-refractivity contribution in [1.29, 1.82) is 0 Å². The molecule has 0 bridgehead atoms. The van der Waals surface area contributed by atoms with E-state index in [1.807, 2.05) is 39.0 Å². The number of sulfone groups is 1. The van der Waals surface area contributed by atoms with Gasteiger partial charge in [-0.2, -0.15) is 4.31 Å². The van der Waals surface area contributed by atoms with Crippen molar-refractivity contribution in [1.82, 2.24) is 14.5 Å². The minimum Gasteiger partial charge on any atom is -0.390 e. The molecule has 0 saturated carbocycles. The molecule has 1 unspecified atom stereocenters. The van der Waals surface area contributed by atoms with Gasteiger partial charge in [0.2, 0.25) is 10.0 Å². The number of fused-ring (bicyclic) bond motifs is 1. The van der Waals surface area contributed by atoms with Crippen molar-refractivity contribution in [3.05, 3.63) is 99.3 Å². The third kappa shape index (κ3) is 9.86. The van der Waals surface area contributed by atoms with Crippen LogP contribution in [0.1, 0.15) is 72.3 Å². The number of benzene rings is 3. The molecule has 48 heavy (non-hydrogen) atoms. The number of nitrogens with one attached hydrogen (secondary N) is 1. The number of aliphatic hydroxyl groups excluding tert-OH is 1. The van der Waals surface area contributed by atoms with Gasteiger partial charge in [0.15, 0.2) is 9.84 Å². The van der Waals surface area contributed by atoms with Crippen LogP contribution in [0.5, 0.6) is 0 Å². The van der Waals surface area contributed by atoms with E-state index in [2.05, 4.69) is 5.32 Å². The summed E-state index contributed by atoms with van der Waals surface area (Å²) in [4.78, 5) is 14.9. The third-order valence-corrected chi connectivity index (χ3v) is 12.0. The molecule has 4 rings (SSSR count). The van der Waals surface area contributed by atoms with Crippen LogP contribution in [0.3, 0.4) is 0 Å². The number of rotatable bonds is 16. The maximum absolute atomic E-state index is 14.1. The molecule has 1 aliphatic heterocycles. The minimum atomic E-state index is -4.26. The number of carbonyl (C=O) groups excluding carboxylic acids is 1. The van der Waals surface area contributed by atoms with Gasteiger partial charge in [-0.15, -0.1) is 0 Å². The van der Waals surface area contributed by atoms with Crippen molar-refractivity contribution < 1.29 is 31.1 Å². The number of aryl methyl sites for hydroxylation is 1. The van der Waals surface area contributed by atoms with Crippen LogP contribution < -0.4 is 5.32 Å². The molecule has 0 radical (unpaired) electrons. The zero-order valence-electron chi connectivity index (χ0n) is 27.7. The highest BCUT2D eigenvalue weighted by Crippen LogP contribution is 2.30. The average molecular weight is 722 g/mol. The number of carbonyl (C=O) groups is 1. The number of amides is 1. The summed E-state index contributed by atoms with van der Waals surface area (Å²) in [7, 11) is -7.65. The van der Waals surface area contributed by atoms with E-state index in [9.17, 15) is 31.1 Å². The first-order chi connectivity index (χ1) is 22.8. The van der Waals surface area contributed by atoms with Crippen LogP contribution in [0.2, 0.25) is 5.02 Å². The maximum atomic E-state index is 14.1. The van der Waals surface area contributed by atoms with Crippen molar-refractivity contribution in [2.45, 2.75) is 69.2 Å². The molecule has 0 spiro atoms. The second-order valence-electron chi connectivity index (χ2n) is 12.3. The first-order valence-electron chi connectivity index (χ1n) is 16.3. The Morgan fingerprint density at radius 1 is 1.02 bits per heavy atom. The van der Waals surface area contributed by atoms with Crippen molar-refractivity contribution >= 4 is 37.4 Å². The van der Waals surface area contributed by atoms with Gasteiger partial charge in [0.1, 0.15) is 5.82 Å². The lowest BCUT2D eigenvalue weighted by Gasteiger charge is -2.29. The van der Waals surface area contributed by atoms with E-state index in [0.717, 1.165) is 40.8 Å². The number of hydrogen-bond donors (Lipinski definition) is 2. The number of nitrogens with zero attached hydrogens (tertiary/aromatic N) is 2. The summed E-state index contributed by atoms with van der Waals surface area (Å²) in [5.41, 5.74) is 3.33. The van der Waals surface area contributed by atoms with Gasteiger partial charge >= 0.3 is 0 Å². The molecule has 9 nitrogen and oxygen atoms in total. The van der Waals surface area contributed by atoms with Crippen LogP contribution in [0.15, 0.2) is 65.6 Å². The Kier molecular flexibility index (Phi) is 13.2. The van der Waals surface area contributed by atoms with Crippen LogP contribution in [0, 0.1) is 5.82 Å². The summed E-state index contributed by atoms with van der Waals surface area (Å²) >= 11 is 6.04. The number of halogens is 2. The van der Waals surface area contributed by atoms with E-state index in [0.29, 0.717) is 24.2 Å². The van der Waals surface area contributed by atoms with E-state index in [1.54, 1.807) is 17.0 Å². The van der Waals surface area contributed by atoms with Crippen LogP contribution in [0.25, 0.3) is 0 Å². The molecule has 1 amide bonds. The van der Waals surface area contributed by atoms with Crippen molar-refractivity contribution in [2.75, 3.05) is 38.5 Å². The summed E-state index contributed by atoms with van der Waals surface area (Å²) in [6.07, 6.45) is 1.16. The fraction of sp³-hybridized carbons (Fsp3) is 0.457. The van der Waals surface area contributed by atoms with Gasteiger partial charge < -0.3 is 15.3 Å². The quantitative estimate of drug-likeness (QED) is 0.210. The zero-order valence-corrected chi connectivity index (χ0v) is 30.1. The highest BCUT2D eigenvalue weighted by molar-refractivity contribution is 7.90. The number of hydrogen-bond acceptors (Lipinski definition) is 7. The molecular formula is C35H45ClFN3O6S2. The van der Waals surface area contributed by atoms with Gasteiger partial charge in [-0.05, 0) is 84.3 Å². The molecule has 262 valence electrons. The van der Waals surface area contributed by atoms with Crippen molar-refractivity contribution in [2.24, 2.45) is 0 Å². The summed E-state index contributed by atoms with van der Waals surface area (Å²) < 4.78 is 68.9. The molecule has 0 aliphatic carbocycles. The van der Waals surface area contributed by atoms with Crippen molar-refractivity contribution in [3.63, 3.8) is 0 Å². The fourth-order valence-corrected chi connectivity index (χ4v) is 9.43. The van der Waals surface area contributed by atoms with E-state index < -0.39 is 37.8 Å². The largest absolute Gasteiger partial charge is 0.390 e. The molecule has 3 aromatic rings. The van der Waals surface area contributed by atoms with E-state index >= 15 is 0 Å². The van der Waals surface area contributed by atoms with Crippen LogP contribution in [-0.4, -0.2) is 81.6 Å². The smallest absolute Gasteiger partial charge is 0.253 e. The summed E-state index contributed by atoms with van der Waals surface area (Å²) in [6.45, 7) is 6.48. The van der Waals surface area contributed by atoms with Crippen LogP contribution in [-0.2, 0) is 38.5 Å². The lowest BCUT2D eigenvalue weighted by molar-refractivity contribution is 0.0755. The predicted octanol–water partition coefficient (Wildman–Crippen LogP) is 5.16. The number of sulfonamides is 1. The molecule has 2 N–H and O–H groups in total. The second kappa shape index (κ2) is 16.7. The second-order valence-corrected chi connectivity index (χ2v) is 16.8. The lowest BCUT2D eigenvalue weighted by atomic mass is 9.98. The van der Waals surface area contributed by atoms with Gasteiger partial charge in [-0.25, -0.2) is 21.2 Å². The Hall–Kier alpha value is -2.87. The first kappa shape index (κ1) is 37.9. The summed E-state index contributed by atoms with van der Waals surface area (Å²) in [5, 5.41) is 14.5. The van der Waals surface area contributed by atoms with E-state index in [-0.39, 0.29) is 58.9 Å². The molecule has 0 aromatic heterocycles. The fourth-order valence-electron chi connectivity index (χ4n) is 6.00. The van der Waals surface area contributed by atoms with Crippen LogP contribution >= 0.6 is 11.6 Å². The molecule has 2 atom stereocenters. The summed E-state index contributed by atoms with van der Waals surface area (Å²) in [5.74, 6) is -1.02. The first-order valence-corrected chi connectivity index (χ1v) is 20.0. The lowest BCUT2D eigenvalue weighted by Crippen LogP contribution is -2.44. The molecule has 1 aliphatic rings. The predicted molar refractivity (Wildman–Crippen MR) is 187 cm³/mol. The van der Waals surface area contributed by atoms with Gasteiger partial charge in [-0.1, -0.05) is 56.6 Å². The van der Waals surface area contributed by atoms with E-state index in [1.165, 1.54) is 24.3 Å². The minimum absolute atomic E-state index is 0.0562. The Bertz CT molecular complexity index is 1780. The molecule has 13 heteroatoms. The molecule has 3 aromatic carbocycles. The van der Waals surface area contributed by atoms with Gasteiger partial charge in [0.05, 0.1) is 22.5 Å². The number of aliphatic hydroxyl groups is 1. The molecular weight excluding hydrogens is 677 g/mol. The monoisotopic (exact) mass is 721 g/mol. The Morgan fingerprint density at radius 2 is 1.75 bits per heavy atom. The standard InChI is InChI=1S/C35H45ClFN3O6S2/c1-4-13-39(14-5-2)35(42)27-8-7-9-32(19-27)48(45,46)40(15-12-26-16-29(36)20-30(37)17-26)22-31(41)21-38-34-24-47(43,44)23-28-11-10-25(6-3)18-33(28)34/h7-11,16-20,31,34,38,41H,4-6,12-15,21-24H2,1-3H3/t31-,34?/m0/s1. The Balaban J connectivity index is 1.59. The normalized spacial score (nSPS) is 16.4. The highest BCUT2D eigenvalue weighted by atomic mass is 35.5. The van der Waals surface area contributed by atoms with Gasteiger partial charge in [0, 0.05) is 49.4 Å². The molecule has 1 heterocycles. The van der Waals surface area contributed by atoms with Gasteiger partial charge in [0.25, 0.3) is 5.91 Å². The average Bonchev–Trinajstić information content (AvgIpc) is 3.04. The van der Waals surface area contributed by atoms with Crippen LogP contribution in [0.4, 0.5) is 4.39 Å². The highest BCUT2D eigenvalue weighted by Gasteiger charge is 2.32. The van der Waals surface area contributed by atoms with Gasteiger partial charge in [-0.3, -0.25) is 4.79 Å².